The number of fused-ring (bicyclic) bond motifs is 2. The van der Waals surface area contributed by atoms with Crippen LogP contribution >= 0.6 is 11.3 Å². The first-order chi connectivity index (χ1) is 13.5. The molecular weight excluding hydrogens is 376 g/mol. The first-order valence-corrected chi connectivity index (χ1v) is 10.1. The van der Waals surface area contributed by atoms with E-state index >= 15 is 0 Å². The zero-order valence-electron chi connectivity index (χ0n) is 15.2. The molecule has 3 N–H and O–H groups in total. The first kappa shape index (κ1) is 18.4. The van der Waals surface area contributed by atoms with Crippen molar-refractivity contribution in [1.29, 1.82) is 5.26 Å². The van der Waals surface area contributed by atoms with Gasteiger partial charge in [0.05, 0.1) is 28.7 Å². The normalized spacial score (nSPS) is 25.5. The Bertz CT molecular complexity index is 923. The fourth-order valence-electron chi connectivity index (χ4n) is 4.64. The summed E-state index contributed by atoms with van der Waals surface area (Å²) in [7, 11) is 0. The van der Waals surface area contributed by atoms with E-state index in [1.54, 1.807) is 17.8 Å². The van der Waals surface area contributed by atoms with E-state index in [0.717, 1.165) is 24.4 Å². The second kappa shape index (κ2) is 7.20. The monoisotopic (exact) mass is 396 g/mol. The molecule has 2 aliphatic rings. The summed E-state index contributed by atoms with van der Waals surface area (Å²) in [5.41, 5.74) is 7.68. The van der Waals surface area contributed by atoms with Crippen molar-refractivity contribution in [1.82, 2.24) is 15.3 Å². The van der Waals surface area contributed by atoms with Gasteiger partial charge in [-0.3, -0.25) is 9.59 Å². The number of nitrogens with one attached hydrogen (secondary N) is 1. The Morgan fingerprint density at radius 3 is 2.89 bits per heavy atom. The van der Waals surface area contributed by atoms with Gasteiger partial charge in [-0.25, -0.2) is 9.97 Å². The van der Waals surface area contributed by atoms with Crippen LogP contribution in [0.15, 0.2) is 29.2 Å². The minimum Gasteiger partial charge on any atom is -0.368 e. The van der Waals surface area contributed by atoms with Gasteiger partial charge >= 0.3 is 0 Å². The van der Waals surface area contributed by atoms with E-state index in [2.05, 4.69) is 26.3 Å². The molecule has 2 aliphatic heterocycles. The van der Waals surface area contributed by atoms with Crippen LogP contribution in [0.4, 0.5) is 5.82 Å². The number of amides is 2. The van der Waals surface area contributed by atoms with Crippen molar-refractivity contribution in [2.75, 3.05) is 11.4 Å². The molecule has 2 amide bonds. The smallest absolute Gasteiger partial charge is 0.236 e. The van der Waals surface area contributed by atoms with Gasteiger partial charge in [0, 0.05) is 30.1 Å². The van der Waals surface area contributed by atoms with E-state index in [1.807, 2.05) is 11.4 Å². The van der Waals surface area contributed by atoms with Crippen LogP contribution in [0.3, 0.4) is 0 Å². The molecule has 2 aromatic rings. The van der Waals surface area contributed by atoms with Crippen molar-refractivity contribution < 1.29 is 9.59 Å². The van der Waals surface area contributed by atoms with Gasteiger partial charge in [0.15, 0.2) is 0 Å². The number of hydrogen-bond acceptors (Lipinski definition) is 7. The molecule has 4 rings (SSSR count). The Morgan fingerprint density at radius 1 is 1.39 bits per heavy atom. The molecule has 8 nitrogen and oxygen atoms in total. The summed E-state index contributed by atoms with van der Waals surface area (Å²) >= 11 is 1.50. The van der Waals surface area contributed by atoms with Gasteiger partial charge in [-0.15, -0.1) is 11.3 Å². The molecule has 9 heteroatoms. The van der Waals surface area contributed by atoms with Gasteiger partial charge in [-0.1, -0.05) is 0 Å². The molecule has 2 bridgehead atoms. The standard InChI is InChI=1S/C19H20N6O2S/c20-7-12-1-4-17(22-8-12)25-14-2-3-15(25)19(6-14,5-13-10-28-11-24-13)18(27)23-9-16(21)26/h1,4,8,10-11,14-15H,2-3,5-6,9H2,(H2,21,26)(H,23,27)/t14-,15+,19+/m1/s1. The third-order valence-corrected chi connectivity index (χ3v) is 6.37. The highest BCUT2D eigenvalue weighted by Gasteiger charge is 2.60. The van der Waals surface area contributed by atoms with Crippen molar-refractivity contribution in [2.24, 2.45) is 11.1 Å². The number of rotatable bonds is 6. The Balaban J connectivity index is 1.67. The number of aromatic nitrogens is 2. The van der Waals surface area contributed by atoms with Crippen LogP contribution in [0, 0.1) is 16.7 Å². The van der Waals surface area contributed by atoms with E-state index in [9.17, 15) is 9.59 Å². The molecule has 0 aromatic carbocycles. The minimum absolute atomic E-state index is 0.0486. The van der Waals surface area contributed by atoms with Crippen LogP contribution in [0.2, 0.25) is 0 Å². The van der Waals surface area contributed by atoms with E-state index in [-0.39, 0.29) is 24.5 Å². The Labute approximate surface area is 166 Å². The van der Waals surface area contributed by atoms with Crippen LogP contribution in [-0.4, -0.2) is 40.4 Å². The molecule has 0 saturated carbocycles. The number of carbonyl (C=O) groups excluding carboxylic acids is 2. The summed E-state index contributed by atoms with van der Waals surface area (Å²) in [6.07, 6.45) is 4.58. The second-order valence-corrected chi connectivity index (χ2v) is 8.06. The average molecular weight is 396 g/mol. The SMILES string of the molecule is N#Cc1ccc(N2[C@@H]3CC[C@H]2[C@@](Cc2cscn2)(C(=O)NCC(N)=O)C3)nc1. The molecule has 3 atom stereocenters. The third kappa shape index (κ3) is 3.10. The van der Waals surface area contributed by atoms with Crippen LogP contribution < -0.4 is 16.0 Å². The van der Waals surface area contributed by atoms with Crippen molar-refractivity contribution in [3.63, 3.8) is 0 Å². The number of anilines is 1. The highest BCUT2D eigenvalue weighted by molar-refractivity contribution is 7.07. The summed E-state index contributed by atoms with van der Waals surface area (Å²) in [6.45, 7) is -0.176. The van der Waals surface area contributed by atoms with Crippen LogP contribution in [0.1, 0.15) is 30.5 Å². The van der Waals surface area contributed by atoms with E-state index in [1.165, 1.54) is 11.3 Å². The first-order valence-electron chi connectivity index (χ1n) is 9.11. The molecule has 2 fully saturated rings. The molecule has 144 valence electrons. The van der Waals surface area contributed by atoms with Crippen molar-refractivity contribution in [3.05, 3.63) is 40.5 Å². The molecule has 0 unspecified atom stereocenters. The van der Waals surface area contributed by atoms with Crippen molar-refractivity contribution in [2.45, 2.75) is 37.8 Å². The number of carbonyl (C=O) groups is 2. The third-order valence-electron chi connectivity index (χ3n) is 5.74. The molecule has 28 heavy (non-hydrogen) atoms. The summed E-state index contributed by atoms with van der Waals surface area (Å²) in [6, 6.07) is 5.80. The highest BCUT2D eigenvalue weighted by atomic mass is 32.1. The molecule has 2 aromatic heterocycles. The predicted octanol–water partition coefficient (Wildman–Crippen LogP) is 0.981. The fraction of sp³-hybridized carbons (Fsp3) is 0.421. The van der Waals surface area contributed by atoms with Crippen LogP contribution in [0.25, 0.3) is 0 Å². The molecular formula is C19H20N6O2S. The summed E-state index contributed by atoms with van der Waals surface area (Å²) < 4.78 is 0. The van der Waals surface area contributed by atoms with Gasteiger partial charge in [0.2, 0.25) is 11.8 Å². The maximum absolute atomic E-state index is 13.2. The van der Waals surface area contributed by atoms with Crippen molar-refractivity contribution in [3.8, 4) is 6.07 Å². The minimum atomic E-state index is -0.692. The van der Waals surface area contributed by atoms with Gasteiger partial charge < -0.3 is 16.0 Å². The molecule has 0 aliphatic carbocycles. The Hall–Kier alpha value is -2.99. The Morgan fingerprint density at radius 2 is 2.25 bits per heavy atom. The number of pyridine rings is 1. The lowest BCUT2D eigenvalue weighted by Gasteiger charge is -2.35. The molecule has 2 saturated heterocycles. The number of hydrogen-bond donors (Lipinski definition) is 2. The maximum Gasteiger partial charge on any atom is 0.236 e. The number of nitrogens with two attached hydrogens (primary N) is 1. The van der Waals surface area contributed by atoms with Crippen LogP contribution in [-0.2, 0) is 16.0 Å². The van der Waals surface area contributed by atoms with Gasteiger partial charge in [0.25, 0.3) is 0 Å². The zero-order chi connectivity index (χ0) is 19.7. The fourth-order valence-corrected chi connectivity index (χ4v) is 5.20. The van der Waals surface area contributed by atoms with Gasteiger partial charge in [0.1, 0.15) is 11.9 Å². The number of nitriles is 1. The Kier molecular flexibility index (Phi) is 4.73. The van der Waals surface area contributed by atoms with E-state index < -0.39 is 11.3 Å². The lowest BCUT2D eigenvalue weighted by molar-refractivity contribution is -0.133. The van der Waals surface area contributed by atoms with Crippen molar-refractivity contribution >= 4 is 29.0 Å². The zero-order valence-corrected chi connectivity index (χ0v) is 16.0. The molecule has 4 heterocycles. The number of nitrogens with zero attached hydrogens (tertiary/aromatic N) is 4. The number of primary amides is 1. The molecule has 0 spiro atoms. The summed E-state index contributed by atoms with van der Waals surface area (Å²) in [5.74, 6) is 0.0467. The predicted molar refractivity (Wildman–Crippen MR) is 103 cm³/mol. The summed E-state index contributed by atoms with van der Waals surface area (Å²) in [5, 5.41) is 13.7. The second-order valence-electron chi connectivity index (χ2n) is 7.34. The summed E-state index contributed by atoms with van der Waals surface area (Å²) in [4.78, 5) is 35.5. The van der Waals surface area contributed by atoms with Gasteiger partial charge in [-0.05, 0) is 31.4 Å². The van der Waals surface area contributed by atoms with Gasteiger partial charge in [-0.2, -0.15) is 5.26 Å². The van der Waals surface area contributed by atoms with E-state index in [0.29, 0.717) is 18.4 Å². The van der Waals surface area contributed by atoms with E-state index in [4.69, 9.17) is 11.0 Å². The lowest BCUT2D eigenvalue weighted by Crippen LogP contribution is -2.52. The quantitative estimate of drug-likeness (QED) is 0.750. The number of thiazole rings is 1. The average Bonchev–Trinajstić information content (AvgIpc) is 3.42. The lowest BCUT2D eigenvalue weighted by atomic mass is 9.70. The van der Waals surface area contributed by atoms with Crippen LogP contribution in [0.5, 0.6) is 0 Å². The largest absolute Gasteiger partial charge is 0.368 e. The molecule has 0 radical (unpaired) electrons. The topological polar surface area (TPSA) is 125 Å². The maximum atomic E-state index is 13.2. The highest BCUT2D eigenvalue weighted by Crippen LogP contribution is 2.52.